The molecule has 2 heterocycles. The van der Waals surface area contributed by atoms with Crippen LogP contribution in [0.2, 0.25) is 5.02 Å². The Labute approximate surface area is 124 Å². The van der Waals surface area contributed by atoms with E-state index in [9.17, 15) is 4.39 Å². The highest BCUT2D eigenvalue weighted by atomic mass is 35.5. The summed E-state index contributed by atoms with van der Waals surface area (Å²) >= 11 is 7.36. The van der Waals surface area contributed by atoms with Gasteiger partial charge in [-0.1, -0.05) is 11.6 Å². The van der Waals surface area contributed by atoms with Crippen LogP contribution < -0.4 is 5.73 Å². The van der Waals surface area contributed by atoms with E-state index in [-0.39, 0.29) is 5.02 Å². The quantitative estimate of drug-likeness (QED) is 0.727. The molecule has 2 N–H and O–H groups in total. The normalized spacial score (nSPS) is 11.2. The Morgan fingerprint density at radius 2 is 2.00 bits per heavy atom. The van der Waals surface area contributed by atoms with Gasteiger partial charge in [-0.3, -0.25) is 0 Å². The van der Waals surface area contributed by atoms with E-state index in [0.717, 1.165) is 20.7 Å². The maximum atomic E-state index is 13.2. The van der Waals surface area contributed by atoms with E-state index < -0.39 is 5.82 Å². The SMILES string of the molecule is Cc1sc2nc(-c3ccc(F)c(Cl)c3)nc(N)c2c1C. The molecule has 0 amide bonds. The van der Waals surface area contributed by atoms with Gasteiger partial charge in [-0.15, -0.1) is 11.3 Å². The molecule has 3 aromatic rings. The van der Waals surface area contributed by atoms with Crippen molar-refractivity contribution in [1.29, 1.82) is 0 Å². The number of aromatic nitrogens is 2. The number of fused-ring (bicyclic) bond motifs is 1. The fourth-order valence-corrected chi connectivity index (χ4v) is 3.26. The van der Waals surface area contributed by atoms with Gasteiger partial charge in [-0.25, -0.2) is 14.4 Å². The minimum absolute atomic E-state index is 0.0447. The minimum atomic E-state index is -0.465. The first-order valence-corrected chi connectivity index (χ1v) is 7.15. The van der Waals surface area contributed by atoms with E-state index in [1.165, 1.54) is 12.1 Å². The summed E-state index contributed by atoms with van der Waals surface area (Å²) in [6.45, 7) is 4.03. The molecular weight excluding hydrogens is 297 g/mol. The van der Waals surface area contributed by atoms with Crippen molar-refractivity contribution in [3.05, 3.63) is 39.5 Å². The van der Waals surface area contributed by atoms with Gasteiger partial charge in [0.05, 0.1) is 10.4 Å². The monoisotopic (exact) mass is 307 g/mol. The summed E-state index contributed by atoms with van der Waals surface area (Å²) in [5.74, 6) is 0.428. The number of aryl methyl sites for hydroxylation is 2. The van der Waals surface area contributed by atoms with Crippen LogP contribution in [0.25, 0.3) is 21.6 Å². The molecule has 0 aliphatic heterocycles. The predicted molar refractivity (Wildman–Crippen MR) is 81.7 cm³/mol. The number of rotatable bonds is 1. The van der Waals surface area contributed by atoms with Crippen LogP contribution in [0.1, 0.15) is 10.4 Å². The highest BCUT2D eigenvalue weighted by Crippen LogP contribution is 2.34. The molecule has 0 aliphatic rings. The number of hydrogen-bond acceptors (Lipinski definition) is 4. The summed E-state index contributed by atoms with van der Waals surface area (Å²) < 4.78 is 13.2. The molecule has 3 nitrogen and oxygen atoms in total. The molecule has 0 aliphatic carbocycles. The number of nitrogen functional groups attached to an aromatic ring is 1. The maximum absolute atomic E-state index is 13.2. The highest BCUT2D eigenvalue weighted by molar-refractivity contribution is 7.18. The largest absolute Gasteiger partial charge is 0.383 e. The summed E-state index contributed by atoms with van der Waals surface area (Å²) in [4.78, 5) is 10.8. The molecule has 0 spiro atoms. The molecule has 0 saturated carbocycles. The third-order valence-corrected chi connectivity index (χ3v) is 4.63. The van der Waals surface area contributed by atoms with Crippen LogP contribution in [0.15, 0.2) is 18.2 Å². The molecule has 0 saturated heterocycles. The molecule has 1 aromatic carbocycles. The van der Waals surface area contributed by atoms with Crippen molar-refractivity contribution in [1.82, 2.24) is 9.97 Å². The second-order valence-electron chi connectivity index (χ2n) is 4.52. The van der Waals surface area contributed by atoms with Gasteiger partial charge in [0.15, 0.2) is 5.82 Å². The minimum Gasteiger partial charge on any atom is -0.383 e. The maximum Gasteiger partial charge on any atom is 0.163 e. The zero-order valence-electron chi connectivity index (χ0n) is 10.9. The molecule has 0 fully saturated rings. The van der Waals surface area contributed by atoms with E-state index in [2.05, 4.69) is 9.97 Å². The highest BCUT2D eigenvalue weighted by Gasteiger charge is 2.14. The summed E-state index contributed by atoms with van der Waals surface area (Å²) in [5.41, 5.74) is 7.77. The number of anilines is 1. The van der Waals surface area contributed by atoms with Crippen LogP contribution in [0.4, 0.5) is 10.2 Å². The molecule has 2 aromatic heterocycles. The fourth-order valence-electron chi connectivity index (χ4n) is 2.04. The van der Waals surface area contributed by atoms with Gasteiger partial charge in [0.2, 0.25) is 0 Å². The van der Waals surface area contributed by atoms with Crippen molar-refractivity contribution < 1.29 is 4.39 Å². The van der Waals surface area contributed by atoms with Gasteiger partial charge < -0.3 is 5.73 Å². The van der Waals surface area contributed by atoms with Crippen molar-refractivity contribution >= 4 is 39.0 Å². The Kier molecular flexibility index (Phi) is 3.11. The number of thiophene rings is 1. The first-order valence-electron chi connectivity index (χ1n) is 5.96. The van der Waals surface area contributed by atoms with Crippen LogP contribution in [-0.2, 0) is 0 Å². The van der Waals surface area contributed by atoms with Gasteiger partial charge in [0.1, 0.15) is 16.5 Å². The summed E-state index contributed by atoms with van der Waals surface area (Å²) in [5, 5.41) is 0.938. The van der Waals surface area contributed by atoms with E-state index >= 15 is 0 Å². The lowest BCUT2D eigenvalue weighted by Crippen LogP contribution is -1.97. The Hall–Kier alpha value is -1.72. The average Bonchev–Trinajstić information content (AvgIpc) is 2.68. The lowest BCUT2D eigenvalue weighted by Gasteiger charge is -2.04. The Morgan fingerprint density at radius 1 is 1.25 bits per heavy atom. The number of benzene rings is 1. The van der Waals surface area contributed by atoms with Crippen molar-refractivity contribution in [3.8, 4) is 11.4 Å². The van der Waals surface area contributed by atoms with E-state index in [4.69, 9.17) is 17.3 Å². The second-order valence-corrected chi connectivity index (χ2v) is 6.14. The van der Waals surface area contributed by atoms with Crippen LogP contribution in [0.5, 0.6) is 0 Å². The molecule has 0 unspecified atom stereocenters. The molecule has 102 valence electrons. The summed E-state index contributed by atoms with van der Waals surface area (Å²) in [7, 11) is 0. The number of nitrogens with zero attached hydrogens (tertiary/aromatic N) is 2. The number of halogens is 2. The fraction of sp³-hybridized carbons (Fsp3) is 0.143. The van der Waals surface area contributed by atoms with Gasteiger partial charge in [0, 0.05) is 10.4 Å². The van der Waals surface area contributed by atoms with Crippen molar-refractivity contribution in [2.75, 3.05) is 5.73 Å². The third-order valence-electron chi connectivity index (χ3n) is 3.23. The molecule has 0 bridgehead atoms. The zero-order valence-corrected chi connectivity index (χ0v) is 12.4. The average molecular weight is 308 g/mol. The Morgan fingerprint density at radius 3 is 2.70 bits per heavy atom. The number of nitrogens with two attached hydrogens (primary N) is 1. The predicted octanol–water partition coefficient (Wildman–Crippen LogP) is 4.35. The van der Waals surface area contributed by atoms with E-state index in [1.807, 2.05) is 13.8 Å². The molecule has 6 heteroatoms. The molecule has 3 rings (SSSR count). The van der Waals surface area contributed by atoms with Crippen LogP contribution in [0.3, 0.4) is 0 Å². The van der Waals surface area contributed by atoms with Gasteiger partial charge >= 0.3 is 0 Å². The zero-order chi connectivity index (χ0) is 14.4. The first kappa shape index (κ1) is 13.3. The molecule has 20 heavy (non-hydrogen) atoms. The van der Waals surface area contributed by atoms with Gasteiger partial charge in [0.25, 0.3) is 0 Å². The van der Waals surface area contributed by atoms with Crippen molar-refractivity contribution in [3.63, 3.8) is 0 Å². The van der Waals surface area contributed by atoms with Gasteiger partial charge in [-0.05, 0) is 37.6 Å². The molecular formula is C14H11ClFN3S. The number of hydrogen-bond donors (Lipinski definition) is 1. The molecule has 0 atom stereocenters. The third kappa shape index (κ3) is 2.03. The van der Waals surface area contributed by atoms with Crippen LogP contribution in [0, 0.1) is 19.7 Å². The van der Waals surface area contributed by atoms with E-state index in [0.29, 0.717) is 17.2 Å². The van der Waals surface area contributed by atoms with E-state index in [1.54, 1.807) is 17.4 Å². The topological polar surface area (TPSA) is 51.8 Å². The van der Waals surface area contributed by atoms with Crippen LogP contribution in [-0.4, -0.2) is 9.97 Å². The summed E-state index contributed by atoms with van der Waals surface area (Å²) in [6, 6.07) is 4.40. The Balaban J connectivity index is 2.24. The smallest absolute Gasteiger partial charge is 0.163 e. The van der Waals surface area contributed by atoms with Gasteiger partial charge in [-0.2, -0.15) is 0 Å². The Bertz CT molecular complexity index is 829. The lowest BCUT2D eigenvalue weighted by molar-refractivity contribution is 0.628. The summed E-state index contributed by atoms with van der Waals surface area (Å²) in [6.07, 6.45) is 0. The van der Waals surface area contributed by atoms with Crippen molar-refractivity contribution in [2.24, 2.45) is 0 Å². The van der Waals surface area contributed by atoms with Crippen LogP contribution >= 0.6 is 22.9 Å². The van der Waals surface area contributed by atoms with Crippen molar-refractivity contribution in [2.45, 2.75) is 13.8 Å². The second kappa shape index (κ2) is 4.68. The molecule has 0 radical (unpaired) electrons. The lowest BCUT2D eigenvalue weighted by atomic mass is 10.2. The first-order chi connectivity index (χ1) is 9.47. The standard InChI is InChI=1S/C14H11ClFN3S/c1-6-7(2)20-14-11(6)12(17)18-13(19-14)8-3-4-10(16)9(15)5-8/h3-5H,1-2H3,(H2,17,18,19).